The maximum absolute atomic E-state index is 12.6. The zero-order valence-corrected chi connectivity index (χ0v) is 16.5. The number of para-hydroxylation sites is 1. The molecule has 0 unspecified atom stereocenters. The first-order valence-electron chi connectivity index (χ1n) is 9.66. The molecule has 2 aromatic carbocycles. The number of rotatable bonds is 5. The molecule has 0 atom stereocenters. The number of nitrogens with one attached hydrogen (secondary N) is 1. The number of likely N-dealkylation sites (N-methyl/N-ethyl adjacent to an activating group) is 1. The largest absolute Gasteiger partial charge is 0.337 e. The molecule has 140 valence electrons. The topological polar surface area (TPSA) is 37.6 Å². The Kier molecular flexibility index (Phi) is 5.50. The fraction of sp³-hybridized carbons (Fsp3) is 0.364. The van der Waals surface area contributed by atoms with Gasteiger partial charge in [-0.2, -0.15) is 0 Å². The first-order valence-corrected chi connectivity index (χ1v) is 10.5. The van der Waals surface area contributed by atoms with Crippen molar-refractivity contribution in [1.29, 1.82) is 0 Å². The molecular weight excluding hydrogens is 354 g/mol. The molecule has 0 aliphatic carbocycles. The van der Waals surface area contributed by atoms with Crippen molar-refractivity contribution in [3.05, 3.63) is 65.2 Å². The third-order valence-corrected chi connectivity index (χ3v) is 6.64. The number of nitrogens with zero attached hydrogens (tertiary/aromatic N) is 2. The monoisotopic (exact) mass is 380 g/mol. The Hall–Kier alpha value is -2.24. The van der Waals surface area contributed by atoms with E-state index in [9.17, 15) is 4.79 Å². The van der Waals surface area contributed by atoms with Crippen LogP contribution in [-0.2, 0) is 11.3 Å². The van der Waals surface area contributed by atoms with Gasteiger partial charge in [0.15, 0.2) is 6.54 Å². The van der Waals surface area contributed by atoms with Crippen molar-refractivity contribution in [1.82, 2.24) is 9.88 Å². The van der Waals surface area contributed by atoms with Gasteiger partial charge in [-0.3, -0.25) is 4.79 Å². The molecule has 0 spiro atoms. The van der Waals surface area contributed by atoms with Crippen molar-refractivity contribution >= 4 is 27.5 Å². The van der Waals surface area contributed by atoms with Crippen LogP contribution < -0.4 is 4.90 Å². The summed E-state index contributed by atoms with van der Waals surface area (Å²) in [5.41, 5.74) is 2.29. The van der Waals surface area contributed by atoms with Gasteiger partial charge >= 0.3 is 0 Å². The number of hydrogen-bond donors (Lipinski definition) is 1. The lowest BCUT2D eigenvalue weighted by Gasteiger charge is -2.29. The summed E-state index contributed by atoms with van der Waals surface area (Å²) in [5.74, 6) is 0.774. The third kappa shape index (κ3) is 4.37. The molecule has 0 saturated carbocycles. The average molecular weight is 381 g/mol. The number of hydrogen-bond acceptors (Lipinski definition) is 3. The summed E-state index contributed by atoms with van der Waals surface area (Å²) in [6.45, 7) is 3.37. The summed E-state index contributed by atoms with van der Waals surface area (Å²) in [7, 11) is 1.91. The minimum atomic E-state index is 0.229. The molecule has 4 rings (SSSR count). The van der Waals surface area contributed by atoms with Gasteiger partial charge in [-0.1, -0.05) is 42.5 Å². The number of carbonyl (C=O) groups excluding carboxylic acids is 1. The minimum absolute atomic E-state index is 0.229. The van der Waals surface area contributed by atoms with E-state index in [0.717, 1.165) is 31.4 Å². The molecule has 4 nitrogen and oxygen atoms in total. The lowest BCUT2D eigenvalue weighted by molar-refractivity contribution is -0.897. The van der Waals surface area contributed by atoms with Crippen molar-refractivity contribution in [2.75, 3.05) is 26.7 Å². The summed E-state index contributed by atoms with van der Waals surface area (Å²) in [6, 6.07) is 18.6. The van der Waals surface area contributed by atoms with Crippen molar-refractivity contribution in [2.24, 2.45) is 0 Å². The predicted molar refractivity (Wildman–Crippen MR) is 110 cm³/mol. The van der Waals surface area contributed by atoms with Gasteiger partial charge in [0.05, 0.1) is 28.3 Å². The summed E-state index contributed by atoms with van der Waals surface area (Å²) < 4.78 is 1.28. The number of piperidine rings is 1. The van der Waals surface area contributed by atoms with E-state index in [1.54, 1.807) is 0 Å². The lowest BCUT2D eigenvalue weighted by Crippen LogP contribution is -3.14. The second-order valence-corrected chi connectivity index (χ2v) is 8.52. The molecule has 3 aromatic rings. The second-order valence-electron chi connectivity index (χ2n) is 7.46. The zero-order valence-electron chi connectivity index (χ0n) is 15.7. The molecule has 0 radical (unpaired) electrons. The first-order chi connectivity index (χ1) is 13.2. The van der Waals surface area contributed by atoms with Crippen LogP contribution in [0.15, 0.2) is 54.6 Å². The molecule has 1 aliphatic heterocycles. The highest BCUT2D eigenvalue weighted by Crippen LogP contribution is 2.31. The predicted octanol–water partition coefficient (Wildman–Crippen LogP) is 2.72. The van der Waals surface area contributed by atoms with Crippen LogP contribution >= 0.6 is 11.3 Å². The van der Waals surface area contributed by atoms with Gasteiger partial charge in [0.1, 0.15) is 0 Å². The lowest BCUT2D eigenvalue weighted by atomic mass is 9.97. The quantitative estimate of drug-likeness (QED) is 0.739. The average Bonchev–Trinajstić information content (AvgIpc) is 3.13. The summed E-state index contributed by atoms with van der Waals surface area (Å²) in [4.78, 5) is 20.7. The van der Waals surface area contributed by atoms with Gasteiger partial charge in [-0.05, 0) is 17.7 Å². The molecule has 1 N–H and O–H groups in total. The van der Waals surface area contributed by atoms with E-state index in [1.807, 2.05) is 41.5 Å². The standard InChI is InChI=1S/C22H25N3OS/c1-24(15-17-7-3-2-4-8-17)21(26)16-25-13-11-18(12-14-25)22-23-19-9-5-6-10-20(19)27-22/h2-10,18H,11-16H2,1H3/p+1. The molecule has 2 heterocycles. The number of carbonyl (C=O) groups is 1. The van der Waals surface area contributed by atoms with Gasteiger partial charge in [-0.25, -0.2) is 4.98 Å². The van der Waals surface area contributed by atoms with Crippen molar-refractivity contribution < 1.29 is 9.69 Å². The summed E-state index contributed by atoms with van der Waals surface area (Å²) in [6.07, 6.45) is 2.23. The number of aromatic nitrogens is 1. The highest BCUT2D eigenvalue weighted by molar-refractivity contribution is 7.18. The Bertz CT molecular complexity index is 867. The summed E-state index contributed by atoms with van der Waals surface area (Å²) >= 11 is 1.83. The van der Waals surface area contributed by atoms with Gasteiger partial charge in [0.2, 0.25) is 0 Å². The fourth-order valence-corrected chi connectivity index (χ4v) is 4.95. The maximum atomic E-state index is 12.6. The fourth-order valence-electron chi connectivity index (χ4n) is 3.81. The molecule has 27 heavy (non-hydrogen) atoms. The molecular formula is C22H26N3OS+. The van der Waals surface area contributed by atoms with Crippen molar-refractivity contribution in [2.45, 2.75) is 25.3 Å². The number of fused-ring (bicyclic) bond motifs is 1. The van der Waals surface area contributed by atoms with Crippen LogP contribution in [-0.4, -0.2) is 42.5 Å². The Morgan fingerprint density at radius 2 is 1.81 bits per heavy atom. The van der Waals surface area contributed by atoms with E-state index in [-0.39, 0.29) is 5.91 Å². The Balaban J connectivity index is 1.29. The van der Waals surface area contributed by atoms with Crippen LogP contribution in [0.25, 0.3) is 10.2 Å². The van der Waals surface area contributed by atoms with E-state index in [2.05, 4.69) is 36.4 Å². The number of amides is 1. The SMILES string of the molecule is CN(Cc1ccccc1)C(=O)C[NH+]1CCC(c2nc3ccccc3s2)CC1. The van der Waals surface area contributed by atoms with E-state index < -0.39 is 0 Å². The maximum Gasteiger partial charge on any atom is 0.277 e. The molecule has 1 saturated heterocycles. The van der Waals surface area contributed by atoms with Crippen molar-refractivity contribution in [3.63, 3.8) is 0 Å². The molecule has 1 fully saturated rings. The van der Waals surface area contributed by atoms with Gasteiger partial charge < -0.3 is 9.80 Å². The Morgan fingerprint density at radius 3 is 2.56 bits per heavy atom. The Morgan fingerprint density at radius 1 is 1.11 bits per heavy atom. The van der Waals surface area contributed by atoms with E-state index in [1.165, 1.54) is 20.2 Å². The third-order valence-electron chi connectivity index (χ3n) is 5.44. The van der Waals surface area contributed by atoms with E-state index in [0.29, 0.717) is 19.0 Å². The van der Waals surface area contributed by atoms with Crippen LogP contribution in [0.1, 0.15) is 29.3 Å². The minimum Gasteiger partial charge on any atom is -0.337 e. The number of quaternary nitrogens is 1. The van der Waals surface area contributed by atoms with Crippen molar-refractivity contribution in [3.8, 4) is 0 Å². The van der Waals surface area contributed by atoms with Gasteiger partial charge in [0.25, 0.3) is 5.91 Å². The molecule has 5 heteroatoms. The van der Waals surface area contributed by atoms with E-state index in [4.69, 9.17) is 4.98 Å². The molecule has 0 bridgehead atoms. The Labute approximate surface area is 164 Å². The molecule has 1 aliphatic rings. The molecule has 1 aromatic heterocycles. The van der Waals surface area contributed by atoms with Crippen LogP contribution in [0.4, 0.5) is 0 Å². The van der Waals surface area contributed by atoms with Crippen LogP contribution in [0, 0.1) is 0 Å². The van der Waals surface area contributed by atoms with E-state index >= 15 is 0 Å². The summed E-state index contributed by atoms with van der Waals surface area (Å²) in [5, 5.41) is 1.27. The number of benzene rings is 2. The highest BCUT2D eigenvalue weighted by atomic mass is 32.1. The smallest absolute Gasteiger partial charge is 0.277 e. The number of thiazole rings is 1. The number of likely N-dealkylation sites (tertiary alicyclic amines) is 1. The highest BCUT2D eigenvalue weighted by Gasteiger charge is 2.27. The normalized spacial score (nSPS) is 19.9. The zero-order chi connectivity index (χ0) is 18.6. The molecule has 1 amide bonds. The van der Waals surface area contributed by atoms with Crippen LogP contribution in [0.5, 0.6) is 0 Å². The second kappa shape index (κ2) is 8.19. The first kappa shape index (κ1) is 18.1. The van der Waals surface area contributed by atoms with Gasteiger partial charge in [-0.15, -0.1) is 11.3 Å². The van der Waals surface area contributed by atoms with Gasteiger partial charge in [0, 0.05) is 32.4 Å². The van der Waals surface area contributed by atoms with Crippen LogP contribution in [0.2, 0.25) is 0 Å². The van der Waals surface area contributed by atoms with Crippen LogP contribution in [0.3, 0.4) is 0 Å².